The summed E-state index contributed by atoms with van der Waals surface area (Å²) in [5.41, 5.74) is 0. The zero-order chi connectivity index (χ0) is 8.13. The SMILES string of the molecule is O=C1O[C@@H]2CC[C@H]1[C@H]1CCC[C@H]12. The van der Waals surface area contributed by atoms with Gasteiger partial charge in [-0.25, -0.2) is 0 Å². The van der Waals surface area contributed by atoms with E-state index >= 15 is 0 Å². The fourth-order valence-electron chi connectivity index (χ4n) is 3.43. The predicted octanol–water partition coefficient (Wildman–Crippen LogP) is 1.74. The molecule has 0 amide bonds. The van der Waals surface area contributed by atoms with Crippen LogP contribution in [0.1, 0.15) is 32.1 Å². The molecule has 2 aliphatic heterocycles. The van der Waals surface area contributed by atoms with Gasteiger partial charge in [0.2, 0.25) is 0 Å². The minimum absolute atomic E-state index is 0.106. The third-order valence-electron chi connectivity index (χ3n) is 3.95. The molecule has 4 rings (SSSR count). The van der Waals surface area contributed by atoms with E-state index in [0.717, 1.165) is 18.8 Å². The van der Waals surface area contributed by atoms with Crippen LogP contribution in [0.15, 0.2) is 0 Å². The Morgan fingerprint density at radius 3 is 2.75 bits per heavy atom. The lowest BCUT2D eigenvalue weighted by atomic mass is 9.70. The summed E-state index contributed by atoms with van der Waals surface area (Å²) in [6.45, 7) is 0. The molecule has 66 valence electrons. The highest BCUT2D eigenvalue weighted by molar-refractivity contribution is 5.74. The zero-order valence-electron chi connectivity index (χ0n) is 7.16. The summed E-state index contributed by atoms with van der Waals surface area (Å²) in [5.74, 6) is 1.82. The number of ether oxygens (including phenoxy) is 1. The van der Waals surface area contributed by atoms with Crippen LogP contribution >= 0.6 is 0 Å². The Kier molecular flexibility index (Phi) is 1.29. The molecule has 4 atom stereocenters. The smallest absolute Gasteiger partial charge is 0.309 e. The zero-order valence-corrected chi connectivity index (χ0v) is 7.16. The molecule has 2 saturated heterocycles. The van der Waals surface area contributed by atoms with Crippen LogP contribution in [-0.4, -0.2) is 12.1 Å². The molecular weight excluding hydrogens is 152 g/mol. The average Bonchev–Trinajstić information content (AvgIpc) is 2.53. The fraction of sp³-hybridized carbons (Fsp3) is 0.900. The lowest BCUT2D eigenvalue weighted by Crippen LogP contribution is -2.48. The van der Waals surface area contributed by atoms with E-state index in [-0.39, 0.29) is 11.9 Å². The lowest BCUT2D eigenvalue weighted by molar-refractivity contribution is -0.182. The van der Waals surface area contributed by atoms with Crippen molar-refractivity contribution in [3.63, 3.8) is 0 Å². The van der Waals surface area contributed by atoms with E-state index in [1.165, 1.54) is 19.3 Å². The van der Waals surface area contributed by atoms with Crippen molar-refractivity contribution in [1.82, 2.24) is 0 Å². The van der Waals surface area contributed by atoms with Crippen LogP contribution in [0, 0.1) is 17.8 Å². The van der Waals surface area contributed by atoms with Gasteiger partial charge in [0.1, 0.15) is 6.10 Å². The molecule has 4 fully saturated rings. The Balaban J connectivity index is 1.94. The van der Waals surface area contributed by atoms with Gasteiger partial charge in [-0.2, -0.15) is 0 Å². The Morgan fingerprint density at radius 1 is 1.08 bits per heavy atom. The molecular formula is C10H14O2. The summed E-state index contributed by atoms with van der Waals surface area (Å²) in [6.07, 6.45) is 6.44. The first-order chi connectivity index (χ1) is 5.86. The Hall–Kier alpha value is -0.530. The third-order valence-corrected chi connectivity index (χ3v) is 3.95. The maximum absolute atomic E-state index is 11.4. The van der Waals surface area contributed by atoms with Gasteiger partial charge in [-0.05, 0) is 37.5 Å². The first-order valence-electron chi connectivity index (χ1n) is 5.07. The van der Waals surface area contributed by atoms with Crippen LogP contribution in [0.4, 0.5) is 0 Å². The molecule has 0 aromatic carbocycles. The first-order valence-corrected chi connectivity index (χ1v) is 5.07. The van der Waals surface area contributed by atoms with Crippen LogP contribution in [0.3, 0.4) is 0 Å². The number of hydrogen-bond acceptors (Lipinski definition) is 2. The van der Waals surface area contributed by atoms with Gasteiger partial charge in [0, 0.05) is 0 Å². The molecule has 0 unspecified atom stereocenters. The summed E-state index contributed by atoms with van der Waals surface area (Å²) in [4.78, 5) is 11.4. The topological polar surface area (TPSA) is 26.3 Å². The van der Waals surface area contributed by atoms with E-state index in [9.17, 15) is 4.79 Å². The van der Waals surface area contributed by atoms with Gasteiger partial charge in [-0.15, -0.1) is 0 Å². The van der Waals surface area contributed by atoms with E-state index in [4.69, 9.17) is 4.74 Å². The lowest BCUT2D eigenvalue weighted by Gasteiger charge is -2.44. The molecule has 0 aromatic rings. The highest BCUT2D eigenvalue weighted by Gasteiger charge is 2.51. The Labute approximate surface area is 72.3 Å². The van der Waals surface area contributed by atoms with Crippen LogP contribution in [0.25, 0.3) is 0 Å². The summed E-state index contributed by atoms with van der Waals surface area (Å²) < 4.78 is 5.36. The number of rotatable bonds is 0. The monoisotopic (exact) mass is 166 g/mol. The molecule has 2 heteroatoms. The van der Waals surface area contributed by atoms with Gasteiger partial charge in [0.15, 0.2) is 0 Å². The molecule has 2 saturated carbocycles. The second-order valence-corrected chi connectivity index (χ2v) is 4.42. The largest absolute Gasteiger partial charge is 0.462 e. The van der Waals surface area contributed by atoms with Gasteiger partial charge in [-0.1, -0.05) is 6.42 Å². The summed E-state index contributed by atoms with van der Waals surface area (Å²) in [5, 5.41) is 0. The quantitative estimate of drug-likeness (QED) is 0.512. The number of fused-ring (bicyclic) bond motifs is 2. The van der Waals surface area contributed by atoms with Crippen LogP contribution in [0.5, 0.6) is 0 Å². The minimum Gasteiger partial charge on any atom is -0.462 e. The van der Waals surface area contributed by atoms with Gasteiger partial charge in [-0.3, -0.25) is 4.79 Å². The Morgan fingerprint density at radius 2 is 1.92 bits per heavy atom. The number of esters is 1. The van der Waals surface area contributed by atoms with Crippen molar-refractivity contribution in [3.05, 3.63) is 0 Å². The molecule has 4 aliphatic rings. The molecule has 2 heterocycles. The second-order valence-electron chi connectivity index (χ2n) is 4.42. The predicted molar refractivity (Wildman–Crippen MR) is 43.4 cm³/mol. The number of carbonyl (C=O) groups excluding carboxylic acids is 1. The van der Waals surface area contributed by atoms with Crippen molar-refractivity contribution in [1.29, 1.82) is 0 Å². The van der Waals surface area contributed by atoms with Gasteiger partial charge < -0.3 is 4.74 Å². The Bertz CT molecular complexity index is 224. The molecule has 0 radical (unpaired) electrons. The highest BCUT2D eigenvalue weighted by Crippen LogP contribution is 2.50. The standard InChI is InChI=1S/C10H14O2/c11-10-8-4-5-9(12-10)7-3-1-2-6(7)8/h6-9H,1-5H2/t6-,7+,8-,9+/m0/s1. The second kappa shape index (κ2) is 2.24. The van der Waals surface area contributed by atoms with Crippen molar-refractivity contribution in [2.75, 3.05) is 0 Å². The van der Waals surface area contributed by atoms with Gasteiger partial charge in [0.25, 0.3) is 0 Å². The molecule has 2 nitrogen and oxygen atoms in total. The summed E-state index contributed by atoms with van der Waals surface area (Å²) in [7, 11) is 0. The van der Waals surface area contributed by atoms with E-state index in [2.05, 4.69) is 0 Å². The van der Waals surface area contributed by atoms with Crippen LogP contribution in [0.2, 0.25) is 0 Å². The minimum atomic E-state index is 0.106. The fourth-order valence-corrected chi connectivity index (χ4v) is 3.43. The first kappa shape index (κ1) is 6.93. The number of carbonyl (C=O) groups is 1. The van der Waals surface area contributed by atoms with Crippen LogP contribution in [-0.2, 0) is 9.53 Å². The highest BCUT2D eigenvalue weighted by atomic mass is 16.5. The molecule has 0 spiro atoms. The molecule has 0 aromatic heterocycles. The van der Waals surface area contributed by atoms with Crippen molar-refractivity contribution >= 4 is 5.97 Å². The van der Waals surface area contributed by atoms with E-state index in [1.54, 1.807) is 0 Å². The summed E-state index contributed by atoms with van der Waals surface area (Å²) >= 11 is 0. The maximum Gasteiger partial charge on any atom is 0.309 e. The average molecular weight is 166 g/mol. The molecule has 0 N–H and O–H groups in total. The maximum atomic E-state index is 11.4. The van der Waals surface area contributed by atoms with Crippen LogP contribution < -0.4 is 0 Å². The van der Waals surface area contributed by atoms with E-state index in [1.807, 2.05) is 0 Å². The molecule has 2 aliphatic carbocycles. The van der Waals surface area contributed by atoms with Crippen molar-refractivity contribution in [2.45, 2.75) is 38.2 Å². The van der Waals surface area contributed by atoms with Gasteiger partial charge >= 0.3 is 5.97 Å². The van der Waals surface area contributed by atoms with E-state index in [0.29, 0.717) is 12.0 Å². The van der Waals surface area contributed by atoms with Crippen molar-refractivity contribution < 1.29 is 9.53 Å². The molecule has 12 heavy (non-hydrogen) atoms. The summed E-state index contributed by atoms with van der Waals surface area (Å²) in [6, 6.07) is 0. The third kappa shape index (κ3) is 0.732. The number of hydrogen-bond donors (Lipinski definition) is 0. The van der Waals surface area contributed by atoms with E-state index < -0.39 is 0 Å². The normalized spacial score (nSPS) is 50.5. The van der Waals surface area contributed by atoms with Crippen molar-refractivity contribution in [3.8, 4) is 0 Å². The van der Waals surface area contributed by atoms with Crippen molar-refractivity contribution in [2.24, 2.45) is 17.8 Å². The molecule has 2 bridgehead atoms. The van der Waals surface area contributed by atoms with Gasteiger partial charge in [0.05, 0.1) is 5.92 Å².